The van der Waals surface area contributed by atoms with Crippen molar-refractivity contribution in [3.8, 4) is 0 Å². The molecule has 1 saturated heterocycles. The lowest BCUT2D eigenvalue weighted by molar-refractivity contribution is -0.119. The summed E-state index contributed by atoms with van der Waals surface area (Å²) in [5.74, 6) is 0.602. The van der Waals surface area contributed by atoms with Gasteiger partial charge in [-0.3, -0.25) is 9.69 Å². The molecule has 116 valence electrons. The van der Waals surface area contributed by atoms with Crippen LogP contribution in [0.3, 0.4) is 0 Å². The maximum Gasteiger partial charge on any atom is 0.230 e. The van der Waals surface area contributed by atoms with Crippen LogP contribution in [0.25, 0.3) is 0 Å². The predicted molar refractivity (Wildman–Crippen MR) is 87.5 cm³/mol. The number of carbonyl (C=O) groups is 1. The third-order valence-electron chi connectivity index (χ3n) is 3.49. The SMILES string of the molecule is CSCC(=O)NCC1CN(Cc2ccccc2)CCCO1. The average molecular weight is 308 g/mol. The summed E-state index contributed by atoms with van der Waals surface area (Å²) in [5, 5.41) is 2.95. The molecule has 0 aliphatic carbocycles. The molecule has 0 saturated carbocycles. The molecule has 21 heavy (non-hydrogen) atoms. The van der Waals surface area contributed by atoms with E-state index in [2.05, 4.69) is 34.5 Å². The van der Waals surface area contributed by atoms with Crippen molar-refractivity contribution in [3.63, 3.8) is 0 Å². The van der Waals surface area contributed by atoms with Gasteiger partial charge in [0.2, 0.25) is 5.91 Å². The van der Waals surface area contributed by atoms with Gasteiger partial charge in [-0.05, 0) is 18.2 Å². The van der Waals surface area contributed by atoms with Crippen LogP contribution in [-0.4, -0.2) is 55.2 Å². The van der Waals surface area contributed by atoms with E-state index >= 15 is 0 Å². The number of thioether (sulfide) groups is 1. The molecule has 1 atom stereocenters. The van der Waals surface area contributed by atoms with E-state index in [9.17, 15) is 4.79 Å². The normalized spacial score (nSPS) is 20.0. The summed E-state index contributed by atoms with van der Waals surface area (Å²) in [7, 11) is 0. The first kappa shape index (κ1) is 16.3. The summed E-state index contributed by atoms with van der Waals surface area (Å²) in [5.41, 5.74) is 1.32. The molecule has 1 N–H and O–H groups in total. The Bertz CT molecular complexity index is 428. The molecule has 1 aromatic rings. The standard InChI is InChI=1S/C16H24N2O2S/c1-21-13-16(19)17-10-15-12-18(8-5-9-20-15)11-14-6-3-2-4-7-14/h2-4,6-7,15H,5,8-13H2,1H3,(H,17,19). The highest BCUT2D eigenvalue weighted by Gasteiger charge is 2.19. The van der Waals surface area contributed by atoms with Gasteiger partial charge < -0.3 is 10.1 Å². The second-order valence-electron chi connectivity index (χ2n) is 5.30. The van der Waals surface area contributed by atoms with Gasteiger partial charge in [-0.25, -0.2) is 0 Å². The van der Waals surface area contributed by atoms with Crippen molar-refractivity contribution in [2.24, 2.45) is 0 Å². The number of benzene rings is 1. The van der Waals surface area contributed by atoms with Gasteiger partial charge in [0.25, 0.3) is 0 Å². The highest BCUT2D eigenvalue weighted by Crippen LogP contribution is 2.10. The highest BCUT2D eigenvalue weighted by molar-refractivity contribution is 7.99. The van der Waals surface area contributed by atoms with Crippen LogP contribution in [-0.2, 0) is 16.1 Å². The van der Waals surface area contributed by atoms with E-state index in [0.29, 0.717) is 12.3 Å². The maximum absolute atomic E-state index is 11.5. The Hall–Kier alpha value is -1.04. The van der Waals surface area contributed by atoms with E-state index < -0.39 is 0 Å². The summed E-state index contributed by atoms with van der Waals surface area (Å²) in [6.45, 7) is 4.23. The second kappa shape index (κ2) is 9.07. The quantitative estimate of drug-likeness (QED) is 0.869. The molecule has 1 fully saturated rings. The molecule has 1 aromatic carbocycles. The van der Waals surface area contributed by atoms with Crippen LogP contribution in [0, 0.1) is 0 Å². The molecule has 1 amide bonds. The Labute approximate surface area is 131 Å². The minimum atomic E-state index is 0.0852. The fraction of sp³-hybridized carbons (Fsp3) is 0.562. The van der Waals surface area contributed by atoms with Crippen LogP contribution in [0.2, 0.25) is 0 Å². The third-order valence-corrected chi connectivity index (χ3v) is 4.04. The van der Waals surface area contributed by atoms with Crippen LogP contribution in [0.1, 0.15) is 12.0 Å². The van der Waals surface area contributed by atoms with Crippen LogP contribution in [0.15, 0.2) is 30.3 Å². The Morgan fingerprint density at radius 1 is 1.43 bits per heavy atom. The lowest BCUT2D eigenvalue weighted by Crippen LogP contribution is -2.40. The number of nitrogens with zero attached hydrogens (tertiary/aromatic N) is 1. The molecule has 0 bridgehead atoms. The Morgan fingerprint density at radius 2 is 2.24 bits per heavy atom. The lowest BCUT2D eigenvalue weighted by Gasteiger charge is -2.24. The summed E-state index contributed by atoms with van der Waals surface area (Å²) in [6.07, 6.45) is 3.06. The first-order valence-corrected chi connectivity index (χ1v) is 8.81. The van der Waals surface area contributed by atoms with Gasteiger partial charge in [-0.2, -0.15) is 11.8 Å². The van der Waals surface area contributed by atoms with Crippen LogP contribution in [0.5, 0.6) is 0 Å². The van der Waals surface area contributed by atoms with E-state index in [1.807, 2.05) is 12.3 Å². The van der Waals surface area contributed by atoms with Gasteiger partial charge in [-0.15, -0.1) is 0 Å². The molecule has 0 aromatic heterocycles. The van der Waals surface area contributed by atoms with Crippen molar-refractivity contribution >= 4 is 17.7 Å². The van der Waals surface area contributed by atoms with Gasteiger partial charge in [0.05, 0.1) is 11.9 Å². The zero-order valence-electron chi connectivity index (χ0n) is 12.6. The number of ether oxygens (including phenoxy) is 1. The molecule has 1 aliphatic rings. The largest absolute Gasteiger partial charge is 0.375 e. The van der Waals surface area contributed by atoms with Crippen LogP contribution < -0.4 is 5.32 Å². The molecule has 2 rings (SSSR count). The van der Waals surface area contributed by atoms with E-state index in [0.717, 1.165) is 32.7 Å². The summed E-state index contributed by atoms with van der Waals surface area (Å²) in [4.78, 5) is 14.0. The van der Waals surface area contributed by atoms with E-state index in [-0.39, 0.29) is 12.0 Å². The molecule has 0 radical (unpaired) electrons. The van der Waals surface area contributed by atoms with E-state index in [1.165, 1.54) is 17.3 Å². The zero-order valence-corrected chi connectivity index (χ0v) is 13.4. The minimum Gasteiger partial charge on any atom is -0.375 e. The number of amides is 1. The fourth-order valence-corrected chi connectivity index (χ4v) is 2.85. The zero-order chi connectivity index (χ0) is 14.9. The molecule has 4 nitrogen and oxygen atoms in total. The number of carbonyl (C=O) groups excluding carboxylic acids is 1. The third kappa shape index (κ3) is 6.08. The van der Waals surface area contributed by atoms with Gasteiger partial charge >= 0.3 is 0 Å². The highest BCUT2D eigenvalue weighted by atomic mass is 32.2. The number of hydrogen-bond donors (Lipinski definition) is 1. The van der Waals surface area contributed by atoms with Crippen molar-refractivity contribution in [1.29, 1.82) is 0 Å². The van der Waals surface area contributed by atoms with Gasteiger partial charge in [0, 0.05) is 32.8 Å². The minimum absolute atomic E-state index is 0.0852. The molecule has 1 aliphatic heterocycles. The smallest absolute Gasteiger partial charge is 0.230 e. The summed E-state index contributed by atoms with van der Waals surface area (Å²) >= 11 is 1.54. The van der Waals surface area contributed by atoms with E-state index in [4.69, 9.17) is 4.74 Å². The number of nitrogens with one attached hydrogen (secondary N) is 1. The molecular formula is C16H24N2O2S. The number of hydrogen-bond acceptors (Lipinski definition) is 4. The van der Waals surface area contributed by atoms with Crippen LogP contribution in [0.4, 0.5) is 0 Å². The van der Waals surface area contributed by atoms with Gasteiger partial charge in [0.15, 0.2) is 0 Å². The topological polar surface area (TPSA) is 41.6 Å². The monoisotopic (exact) mass is 308 g/mol. The van der Waals surface area contributed by atoms with Crippen molar-refractivity contribution in [1.82, 2.24) is 10.2 Å². The molecule has 5 heteroatoms. The molecule has 0 spiro atoms. The molecule has 1 unspecified atom stereocenters. The first-order chi connectivity index (χ1) is 10.3. The maximum atomic E-state index is 11.5. The van der Waals surface area contributed by atoms with Crippen molar-refractivity contribution in [3.05, 3.63) is 35.9 Å². The van der Waals surface area contributed by atoms with Gasteiger partial charge in [0.1, 0.15) is 0 Å². The van der Waals surface area contributed by atoms with Crippen molar-refractivity contribution in [2.45, 2.75) is 19.1 Å². The predicted octanol–water partition coefficient (Wildman–Crippen LogP) is 1.76. The molecular weight excluding hydrogens is 284 g/mol. The van der Waals surface area contributed by atoms with Gasteiger partial charge in [-0.1, -0.05) is 30.3 Å². The Balaban J connectivity index is 1.82. The van der Waals surface area contributed by atoms with Crippen molar-refractivity contribution < 1.29 is 9.53 Å². The fourth-order valence-electron chi connectivity index (χ4n) is 2.49. The first-order valence-electron chi connectivity index (χ1n) is 7.41. The lowest BCUT2D eigenvalue weighted by atomic mass is 10.2. The van der Waals surface area contributed by atoms with E-state index in [1.54, 1.807) is 0 Å². The second-order valence-corrected chi connectivity index (χ2v) is 6.17. The summed E-state index contributed by atoms with van der Waals surface area (Å²) < 4.78 is 5.84. The Kier molecular flexibility index (Phi) is 7.06. The van der Waals surface area contributed by atoms with Crippen LogP contribution >= 0.6 is 11.8 Å². The average Bonchev–Trinajstić information content (AvgIpc) is 2.72. The number of rotatable bonds is 6. The van der Waals surface area contributed by atoms with Crippen molar-refractivity contribution in [2.75, 3.05) is 38.2 Å². The molecule has 1 heterocycles. The Morgan fingerprint density at radius 3 is 3.00 bits per heavy atom. The summed E-state index contributed by atoms with van der Waals surface area (Å²) in [6, 6.07) is 10.5.